The van der Waals surface area contributed by atoms with Gasteiger partial charge < -0.3 is 25.0 Å². The van der Waals surface area contributed by atoms with Crippen LogP contribution in [0.3, 0.4) is 0 Å². The summed E-state index contributed by atoms with van der Waals surface area (Å²) in [6.45, 7) is 2.86. The van der Waals surface area contributed by atoms with Crippen LogP contribution in [0.15, 0.2) is 11.4 Å². The second kappa shape index (κ2) is 9.90. The lowest BCUT2D eigenvalue weighted by Crippen LogP contribution is -2.42. The molecule has 3 heterocycles. The van der Waals surface area contributed by atoms with Crippen molar-refractivity contribution in [1.82, 2.24) is 15.6 Å². The minimum atomic E-state index is -4.58. The molecule has 176 valence electrons. The van der Waals surface area contributed by atoms with E-state index in [1.807, 2.05) is 0 Å². The van der Waals surface area contributed by atoms with Crippen molar-refractivity contribution in [1.29, 1.82) is 0 Å². The van der Waals surface area contributed by atoms with Gasteiger partial charge in [0.1, 0.15) is 11.9 Å². The smallest absolute Gasteiger partial charge is 0.417 e. The quantitative estimate of drug-likeness (QED) is 0.667. The molecule has 0 saturated carbocycles. The molecule has 1 atom stereocenters. The SMILES string of the molecule is CNC(=O)c1csc2c(C(F)(F)F)cc(N3CCC(OC(=O)N[C@@H](C)COC)CC3)nc12. The molecular weight excluding hydrogens is 449 g/mol. The number of thiophene rings is 1. The van der Waals surface area contributed by atoms with Gasteiger partial charge in [0.2, 0.25) is 0 Å². The first-order chi connectivity index (χ1) is 15.1. The van der Waals surface area contributed by atoms with E-state index in [0.717, 1.165) is 17.4 Å². The van der Waals surface area contributed by atoms with E-state index < -0.39 is 23.7 Å². The van der Waals surface area contributed by atoms with Crippen LogP contribution < -0.4 is 15.5 Å². The number of alkyl halides is 3. The molecule has 3 rings (SSSR count). The monoisotopic (exact) mass is 474 g/mol. The molecule has 2 amide bonds. The van der Waals surface area contributed by atoms with Crippen LogP contribution in [0.25, 0.3) is 10.2 Å². The molecule has 32 heavy (non-hydrogen) atoms. The number of halogens is 3. The first-order valence-corrected chi connectivity index (χ1v) is 10.9. The van der Waals surface area contributed by atoms with E-state index in [-0.39, 0.29) is 33.7 Å². The zero-order chi connectivity index (χ0) is 23.5. The topological polar surface area (TPSA) is 92.8 Å². The van der Waals surface area contributed by atoms with Crippen LogP contribution in [-0.4, -0.2) is 63.0 Å². The molecule has 0 unspecified atom stereocenters. The third-order valence-corrected chi connectivity index (χ3v) is 6.11. The van der Waals surface area contributed by atoms with Crippen LogP contribution in [0.2, 0.25) is 0 Å². The Bertz CT molecular complexity index is 974. The van der Waals surface area contributed by atoms with Crippen molar-refractivity contribution in [2.45, 2.75) is 38.1 Å². The first kappa shape index (κ1) is 24.1. The average Bonchev–Trinajstić information content (AvgIpc) is 3.16. The maximum Gasteiger partial charge on any atom is 0.417 e. The van der Waals surface area contributed by atoms with Crippen molar-refractivity contribution < 1.29 is 32.2 Å². The van der Waals surface area contributed by atoms with Gasteiger partial charge in [0, 0.05) is 45.5 Å². The number of hydrogen-bond donors (Lipinski definition) is 2. The fourth-order valence-electron chi connectivity index (χ4n) is 3.54. The fourth-order valence-corrected chi connectivity index (χ4v) is 4.57. The third-order valence-electron chi connectivity index (χ3n) is 5.11. The summed E-state index contributed by atoms with van der Waals surface area (Å²) in [7, 11) is 2.94. The molecule has 2 aromatic rings. The number of pyridine rings is 1. The number of methoxy groups -OCH3 is 1. The van der Waals surface area contributed by atoms with Crippen LogP contribution in [0.4, 0.5) is 23.8 Å². The number of nitrogens with zero attached hydrogens (tertiary/aromatic N) is 2. The number of nitrogens with one attached hydrogen (secondary N) is 2. The third kappa shape index (κ3) is 5.41. The van der Waals surface area contributed by atoms with Gasteiger partial charge in [0.15, 0.2) is 0 Å². The summed E-state index contributed by atoms with van der Waals surface area (Å²) in [4.78, 5) is 30.2. The van der Waals surface area contributed by atoms with E-state index in [1.165, 1.54) is 19.5 Å². The molecule has 0 spiro atoms. The summed E-state index contributed by atoms with van der Waals surface area (Å²) in [6.07, 6.45) is -4.60. The van der Waals surface area contributed by atoms with Crippen LogP contribution in [0.5, 0.6) is 0 Å². The Hall–Kier alpha value is -2.60. The van der Waals surface area contributed by atoms with Crippen molar-refractivity contribution in [3.05, 3.63) is 22.6 Å². The maximum atomic E-state index is 13.7. The van der Waals surface area contributed by atoms with Crippen molar-refractivity contribution in [3.63, 3.8) is 0 Å². The molecule has 0 aromatic carbocycles. The lowest BCUT2D eigenvalue weighted by molar-refractivity contribution is -0.136. The highest BCUT2D eigenvalue weighted by atomic mass is 32.1. The Labute approximate surface area is 187 Å². The van der Waals surface area contributed by atoms with Gasteiger partial charge in [-0.2, -0.15) is 13.2 Å². The summed E-state index contributed by atoms with van der Waals surface area (Å²) in [6, 6.07) is 0.816. The first-order valence-electron chi connectivity index (χ1n) is 10.1. The lowest BCUT2D eigenvalue weighted by Gasteiger charge is -2.33. The Kier molecular flexibility index (Phi) is 7.44. The highest BCUT2D eigenvalue weighted by Crippen LogP contribution is 2.40. The number of aromatic nitrogens is 1. The summed E-state index contributed by atoms with van der Waals surface area (Å²) in [5.74, 6) is -0.347. The Morgan fingerprint density at radius 2 is 2.03 bits per heavy atom. The van der Waals surface area contributed by atoms with Crippen molar-refractivity contribution >= 4 is 39.4 Å². The van der Waals surface area contributed by atoms with Crippen molar-refractivity contribution in [2.75, 3.05) is 38.8 Å². The van der Waals surface area contributed by atoms with Gasteiger partial charge in [0.25, 0.3) is 5.91 Å². The Balaban J connectivity index is 1.76. The number of hydrogen-bond acceptors (Lipinski definition) is 7. The maximum absolute atomic E-state index is 13.7. The molecule has 12 heteroatoms. The highest BCUT2D eigenvalue weighted by Gasteiger charge is 2.36. The van der Waals surface area contributed by atoms with E-state index in [4.69, 9.17) is 9.47 Å². The number of piperidine rings is 1. The Morgan fingerprint density at radius 3 is 2.62 bits per heavy atom. The molecule has 1 saturated heterocycles. The normalized spacial score (nSPS) is 16.1. The van der Waals surface area contributed by atoms with E-state index in [2.05, 4.69) is 15.6 Å². The molecule has 1 fully saturated rings. The van der Waals surface area contributed by atoms with Crippen LogP contribution >= 0.6 is 11.3 Å². The zero-order valence-corrected chi connectivity index (χ0v) is 18.7. The molecule has 2 N–H and O–H groups in total. The molecule has 0 bridgehead atoms. The number of carbonyl (C=O) groups excluding carboxylic acids is 2. The number of carbonyl (C=O) groups is 2. The second-order valence-electron chi connectivity index (χ2n) is 7.52. The van der Waals surface area contributed by atoms with Gasteiger partial charge in [-0.1, -0.05) is 0 Å². The van der Waals surface area contributed by atoms with Gasteiger partial charge in [-0.15, -0.1) is 11.3 Å². The van der Waals surface area contributed by atoms with Crippen LogP contribution in [0.1, 0.15) is 35.7 Å². The van der Waals surface area contributed by atoms with E-state index in [1.54, 1.807) is 11.8 Å². The number of alkyl carbamates (subject to hydrolysis) is 1. The van der Waals surface area contributed by atoms with Crippen LogP contribution in [0, 0.1) is 0 Å². The summed E-state index contributed by atoms with van der Waals surface area (Å²) in [5, 5.41) is 6.48. The van der Waals surface area contributed by atoms with Gasteiger partial charge in [-0.25, -0.2) is 9.78 Å². The average molecular weight is 475 g/mol. The summed E-state index contributed by atoms with van der Waals surface area (Å²) >= 11 is 0.847. The van der Waals surface area contributed by atoms with Crippen molar-refractivity contribution in [3.8, 4) is 0 Å². The molecule has 2 aromatic heterocycles. The highest BCUT2D eigenvalue weighted by molar-refractivity contribution is 7.17. The molecule has 0 aliphatic carbocycles. The predicted octanol–water partition coefficient (Wildman–Crippen LogP) is 3.40. The molecule has 1 aliphatic rings. The van der Waals surface area contributed by atoms with Gasteiger partial charge in [-0.3, -0.25) is 4.79 Å². The van der Waals surface area contributed by atoms with E-state index >= 15 is 0 Å². The van der Waals surface area contributed by atoms with E-state index in [9.17, 15) is 22.8 Å². The lowest BCUT2D eigenvalue weighted by atomic mass is 10.1. The van der Waals surface area contributed by atoms with Crippen molar-refractivity contribution in [2.24, 2.45) is 0 Å². The number of ether oxygens (including phenoxy) is 2. The van der Waals surface area contributed by atoms with Gasteiger partial charge in [0.05, 0.1) is 34.0 Å². The van der Waals surface area contributed by atoms with Gasteiger partial charge in [-0.05, 0) is 13.0 Å². The largest absolute Gasteiger partial charge is 0.446 e. The molecule has 8 nitrogen and oxygen atoms in total. The molecule has 0 radical (unpaired) electrons. The van der Waals surface area contributed by atoms with Crippen LogP contribution in [-0.2, 0) is 15.7 Å². The minimum Gasteiger partial charge on any atom is -0.446 e. The molecular formula is C20H25F3N4O4S. The van der Waals surface area contributed by atoms with E-state index in [0.29, 0.717) is 32.5 Å². The standard InChI is InChI=1S/C20H25F3N4O4S/c1-11(9-30-3)25-19(29)31-12-4-6-27(7-5-12)15-8-14(20(21,22)23)17-16(26-15)13(10-32-17)18(28)24-2/h8,10-12H,4-7,9H2,1-3H3,(H,24,28)(H,25,29)/t11-/m0/s1. The molecule has 1 aliphatic heterocycles. The summed E-state index contributed by atoms with van der Waals surface area (Å²) in [5.41, 5.74) is -0.675. The zero-order valence-electron chi connectivity index (χ0n) is 17.9. The number of fused-ring (bicyclic) bond motifs is 1. The Morgan fingerprint density at radius 1 is 1.34 bits per heavy atom. The summed E-state index contributed by atoms with van der Waals surface area (Å²) < 4.78 is 51.4. The predicted molar refractivity (Wildman–Crippen MR) is 114 cm³/mol. The number of amides is 2. The number of rotatable bonds is 6. The van der Waals surface area contributed by atoms with Gasteiger partial charge >= 0.3 is 12.3 Å². The fraction of sp³-hybridized carbons (Fsp3) is 0.550. The number of anilines is 1. The minimum absolute atomic E-state index is 0.0315. The second-order valence-corrected chi connectivity index (χ2v) is 8.40.